The molecule has 2 aromatic rings. The van der Waals surface area contributed by atoms with Crippen LogP contribution >= 0.6 is 0 Å². The van der Waals surface area contributed by atoms with Gasteiger partial charge in [-0.1, -0.05) is 0 Å². The van der Waals surface area contributed by atoms with Gasteiger partial charge < -0.3 is 19.5 Å². The number of halogens is 2. The first-order valence-corrected chi connectivity index (χ1v) is 7.01. The molecule has 24 heavy (non-hydrogen) atoms. The van der Waals surface area contributed by atoms with Gasteiger partial charge >= 0.3 is 0 Å². The molecule has 0 aliphatic carbocycles. The average Bonchev–Trinajstić information content (AvgIpc) is 2.52. The number of nitrogens with one attached hydrogen (secondary N) is 1. The Morgan fingerprint density at radius 2 is 1.46 bits per heavy atom. The lowest BCUT2D eigenvalue weighted by molar-refractivity contribution is -0.115. The lowest BCUT2D eigenvalue weighted by Gasteiger charge is -2.14. The zero-order valence-corrected chi connectivity index (χ0v) is 13.5. The topological polar surface area (TPSA) is 56.8 Å². The fraction of sp³-hybridized carbons (Fsp3) is 0.235. The van der Waals surface area contributed by atoms with Crippen molar-refractivity contribution in [3.8, 4) is 17.2 Å². The molecular weight excluding hydrogens is 320 g/mol. The van der Waals surface area contributed by atoms with Crippen molar-refractivity contribution in [2.75, 3.05) is 26.6 Å². The van der Waals surface area contributed by atoms with Crippen molar-refractivity contribution in [1.82, 2.24) is 0 Å². The van der Waals surface area contributed by atoms with E-state index >= 15 is 0 Å². The Morgan fingerprint density at radius 1 is 0.917 bits per heavy atom. The third-order valence-electron chi connectivity index (χ3n) is 3.24. The van der Waals surface area contributed by atoms with E-state index in [1.807, 2.05) is 0 Å². The normalized spacial score (nSPS) is 10.2. The first-order valence-electron chi connectivity index (χ1n) is 7.01. The van der Waals surface area contributed by atoms with Gasteiger partial charge in [0.15, 0.2) is 11.5 Å². The largest absolute Gasteiger partial charge is 0.493 e. The highest BCUT2D eigenvalue weighted by atomic mass is 19.1. The molecule has 0 bridgehead atoms. The van der Waals surface area contributed by atoms with E-state index in [1.54, 1.807) is 12.1 Å². The number of carbonyl (C=O) groups is 1. The number of benzene rings is 2. The van der Waals surface area contributed by atoms with Crippen molar-refractivity contribution in [2.45, 2.75) is 6.42 Å². The molecule has 0 unspecified atom stereocenters. The second-order valence-electron chi connectivity index (χ2n) is 4.92. The number of methoxy groups -OCH3 is 3. The summed E-state index contributed by atoms with van der Waals surface area (Å²) in [7, 11) is 4.42. The number of rotatable bonds is 6. The monoisotopic (exact) mass is 337 g/mol. The van der Waals surface area contributed by atoms with E-state index in [4.69, 9.17) is 14.2 Å². The first kappa shape index (κ1) is 17.5. The van der Waals surface area contributed by atoms with Crippen LogP contribution in [-0.4, -0.2) is 27.2 Å². The van der Waals surface area contributed by atoms with Gasteiger partial charge in [0, 0.05) is 11.8 Å². The standard InChI is InChI=1S/C17H17F2NO4/c1-22-14-4-10(5-15(23-2)17(14)24-3)6-16(21)20-13-8-11(18)7-12(19)9-13/h4-5,7-9H,6H2,1-3H3,(H,20,21). The molecule has 0 atom stereocenters. The van der Waals surface area contributed by atoms with Gasteiger partial charge in [-0.05, 0) is 29.8 Å². The fourth-order valence-corrected chi connectivity index (χ4v) is 2.25. The van der Waals surface area contributed by atoms with Gasteiger partial charge in [-0.2, -0.15) is 0 Å². The Kier molecular flexibility index (Phi) is 5.57. The van der Waals surface area contributed by atoms with E-state index in [1.165, 1.54) is 21.3 Å². The van der Waals surface area contributed by atoms with Crippen LogP contribution in [0.15, 0.2) is 30.3 Å². The number of hydrogen-bond donors (Lipinski definition) is 1. The van der Waals surface area contributed by atoms with Crippen LogP contribution in [0.4, 0.5) is 14.5 Å². The number of ether oxygens (including phenoxy) is 3. The lowest BCUT2D eigenvalue weighted by atomic mass is 10.1. The van der Waals surface area contributed by atoms with E-state index in [-0.39, 0.29) is 12.1 Å². The van der Waals surface area contributed by atoms with Crippen molar-refractivity contribution in [2.24, 2.45) is 0 Å². The molecule has 0 saturated carbocycles. The second kappa shape index (κ2) is 7.63. The molecule has 0 spiro atoms. The highest BCUT2D eigenvalue weighted by molar-refractivity contribution is 5.92. The fourth-order valence-electron chi connectivity index (χ4n) is 2.25. The Balaban J connectivity index is 2.19. The highest BCUT2D eigenvalue weighted by Crippen LogP contribution is 2.38. The maximum absolute atomic E-state index is 13.1. The van der Waals surface area contributed by atoms with Gasteiger partial charge in [0.25, 0.3) is 0 Å². The summed E-state index contributed by atoms with van der Waals surface area (Å²) in [5.41, 5.74) is 0.642. The van der Waals surface area contributed by atoms with Crippen LogP contribution in [-0.2, 0) is 11.2 Å². The zero-order valence-electron chi connectivity index (χ0n) is 13.5. The van der Waals surface area contributed by atoms with Crippen LogP contribution < -0.4 is 19.5 Å². The van der Waals surface area contributed by atoms with Gasteiger partial charge in [-0.15, -0.1) is 0 Å². The summed E-state index contributed by atoms with van der Waals surface area (Å²) >= 11 is 0. The Bertz CT molecular complexity index is 704. The van der Waals surface area contributed by atoms with E-state index in [0.29, 0.717) is 22.8 Å². The van der Waals surface area contributed by atoms with Crippen LogP contribution in [0.25, 0.3) is 0 Å². The second-order valence-corrected chi connectivity index (χ2v) is 4.92. The SMILES string of the molecule is COc1cc(CC(=O)Nc2cc(F)cc(F)c2)cc(OC)c1OC. The number of amides is 1. The quantitative estimate of drug-likeness (QED) is 0.880. The predicted octanol–water partition coefficient (Wildman–Crippen LogP) is 3.17. The Morgan fingerprint density at radius 3 is 1.92 bits per heavy atom. The van der Waals surface area contributed by atoms with Crippen molar-refractivity contribution in [3.63, 3.8) is 0 Å². The molecule has 0 heterocycles. The van der Waals surface area contributed by atoms with Gasteiger partial charge in [-0.3, -0.25) is 4.79 Å². The molecule has 0 aliphatic rings. The Hall–Kier alpha value is -2.83. The molecule has 2 rings (SSSR count). The predicted molar refractivity (Wildman–Crippen MR) is 84.8 cm³/mol. The molecule has 1 N–H and O–H groups in total. The molecule has 0 saturated heterocycles. The maximum Gasteiger partial charge on any atom is 0.228 e. The number of hydrogen-bond acceptors (Lipinski definition) is 4. The van der Waals surface area contributed by atoms with Crippen LogP contribution in [0.5, 0.6) is 17.2 Å². The zero-order chi connectivity index (χ0) is 17.7. The molecule has 128 valence electrons. The van der Waals surface area contributed by atoms with E-state index < -0.39 is 17.5 Å². The molecule has 0 aliphatic heterocycles. The van der Waals surface area contributed by atoms with Gasteiger partial charge in [-0.25, -0.2) is 8.78 Å². The number of carbonyl (C=O) groups excluding carboxylic acids is 1. The third-order valence-corrected chi connectivity index (χ3v) is 3.24. The summed E-state index contributed by atoms with van der Waals surface area (Å²) in [6.07, 6.45) is -0.0329. The minimum atomic E-state index is -0.766. The van der Waals surface area contributed by atoms with E-state index in [9.17, 15) is 13.6 Å². The summed E-state index contributed by atoms with van der Waals surface area (Å²) in [4.78, 5) is 12.1. The molecule has 7 heteroatoms. The summed E-state index contributed by atoms with van der Waals surface area (Å²) < 4.78 is 41.9. The molecule has 5 nitrogen and oxygen atoms in total. The number of anilines is 1. The van der Waals surface area contributed by atoms with Crippen LogP contribution in [0.3, 0.4) is 0 Å². The van der Waals surface area contributed by atoms with Crippen molar-refractivity contribution in [1.29, 1.82) is 0 Å². The molecule has 2 aromatic carbocycles. The molecular formula is C17H17F2NO4. The van der Waals surface area contributed by atoms with E-state index in [2.05, 4.69) is 5.32 Å². The first-order chi connectivity index (χ1) is 11.5. The average molecular weight is 337 g/mol. The summed E-state index contributed by atoms with van der Waals surface area (Å²) in [6.45, 7) is 0. The molecule has 0 aromatic heterocycles. The third kappa shape index (κ3) is 4.13. The van der Waals surface area contributed by atoms with Gasteiger partial charge in [0.05, 0.1) is 27.8 Å². The van der Waals surface area contributed by atoms with Gasteiger partial charge in [0.1, 0.15) is 11.6 Å². The summed E-state index contributed by atoms with van der Waals surface area (Å²) in [5.74, 6) is -0.727. The van der Waals surface area contributed by atoms with E-state index in [0.717, 1.165) is 18.2 Å². The highest BCUT2D eigenvalue weighted by Gasteiger charge is 2.15. The van der Waals surface area contributed by atoms with Crippen LogP contribution in [0.1, 0.15) is 5.56 Å². The lowest BCUT2D eigenvalue weighted by Crippen LogP contribution is -2.15. The minimum absolute atomic E-state index is 0.0329. The van der Waals surface area contributed by atoms with Gasteiger partial charge in [0.2, 0.25) is 11.7 Å². The smallest absolute Gasteiger partial charge is 0.228 e. The van der Waals surface area contributed by atoms with Crippen molar-refractivity contribution in [3.05, 3.63) is 47.5 Å². The molecule has 1 amide bonds. The summed E-state index contributed by atoms with van der Waals surface area (Å²) in [6, 6.07) is 6.07. The molecule has 0 radical (unpaired) electrons. The van der Waals surface area contributed by atoms with Crippen LogP contribution in [0.2, 0.25) is 0 Å². The minimum Gasteiger partial charge on any atom is -0.493 e. The maximum atomic E-state index is 13.1. The molecule has 0 fully saturated rings. The van der Waals surface area contributed by atoms with Crippen LogP contribution in [0, 0.1) is 11.6 Å². The Labute approximate surface area is 138 Å². The van der Waals surface area contributed by atoms with Crippen molar-refractivity contribution >= 4 is 11.6 Å². The summed E-state index contributed by atoms with van der Waals surface area (Å²) in [5, 5.41) is 2.44. The van der Waals surface area contributed by atoms with Crippen molar-refractivity contribution < 1.29 is 27.8 Å².